The van der Waals surface area contributed by atoms with E-state index in [1.807, 2.05) is 13.0 Å². The smallest absolute Gasteiger partial charge is 0.128 e. The molecule has 0 amide bonds. The fourth-order valence-corrected chi connectivity index (χ4v) is 3.37. The highest BCUT2D eigenvalue weighted by molar-refractivity contribution is 9.10. The standard InChI is InChI=1S/C14H17BrO3/c1-14(4-2-5-18-14)13(16)11-8-10(15)7-9-3-6-17-12(9)11/h7-8,13,16H,2-6H2,1H3. The average molecular weight is 313 g/mol. The van der Waals surface area contributed by atoms with Gasteiger partial charge in [0.2, 0.25) is 0 Å². The van der Waals surface area contributed by atoms with Crippen molar-refractivity contribution >= 4 is 15.9 Å². The maximum absolute atomic E-state index is 10.6. The van der Waals surface area contributed by atoms with Crippen LogP contribution in [0.25, 0.3) is 0 Å². The molecule has 98 valence electrons. The van der Waals surface area contributed by atoms with Gasteiger partial charge in [0.15, 0.2) is 0 Å². The second-order valence-corrected chi connectivity index (χ2v) is 6.16. The van der Waals surface area contributed by atoms with Gasteiger partial charge in [0.05, 0.1) is 12.2 Å². The Balaban J connectivity index is 2.01. The molecule has 3 rings (SSSR count). The average Bonchev–Trinajstić information content (AvgIpc) is 2.96. The lowest BCUT2D eigenvalue weighted by atomic mass is 9.89. The van der Waals surface area contributed by atoms with Crippen LogP contribution < -0.4 is 4.74 Å². The molecule has 2 atom stereocenters. The van der Waals surface area contributed by atoms with E-state index in [9.17, 15) is 5.11 Å². The Hall–Kier alpha value is -0.580. The third-order valence-corrected chi connectivity index (χ3v) is 4.36. The van der Waals surface area contributed by atoms with Crippen molar-refractivity contribution in [2.45, 2.75) is 37.9 Å². The summed E-state index contributed by atoms with van der Waals surface area (Å²) in [6.45, 7) is 3.40. The molecule has 1 fully saturated rings. The Kier molecular flexibility index (Phi) is 3.12. The zero-order valence-electron chi connectivity index (χ0n) is 10.4. The Morgan fingerprint density at radius 1 is 1.39 bits per heavy atom. The van der Waals surface area contributed by atoms with E-state index in [2.05, 4.69) is 22.0 Å². The summed E-state index contributed by atoms with van der Waals surface area (Å²) in [6, 6.07) is 4.01. The highest BCUT2D eigenvalue weighted by Gasteiger charge is 2.40. The molecule has 0 aromatic heterocycles. The Morgan fingerprint density at radius 2 is 2.22 bits per heavy atom. The highest BCUT2D eigenvalue weighted by Crippen LogP contribution is 2.44. The molecule has 1 saturated heterocycles. The summed E-state index contributed by atoms with van der Waals surface area (Å²) in [5.41, 5.74) is 1.53. The largest absolute Gasteiger partial charge is 0.493 e. The van der Waals surface area contributed by atoms with Gasteiger partial charge in [-0.2, -0.15) is 0 Å². The van der Waals surface area contributed by atoms with E-state index < -0.39 is 11.7 Å². The normalized spacial score (nSPS) is 27.9. The summed E-state index contributed by atoms with van der Waals surface area (Å²) in [4.78, 5) is 0. The molecule has 1 aromatic carbocycles. The van der Waals surface area contributed by atoms with Gasteiger partial charge in [-0.15, -0.1) is 0 Å². The number of aliphatic hydroxyl groups excluding tert-OH is 1. The van der Waals surface area contributed by atoms with Gasteiger partial charge in [0, 0.05) is 23.1 Å². The summed E-state index contributed by atoms with van der Waals surface area (Å²) in [6.07, 6.45) is 2.16. The molecular weight excluding hydrogens is 296 g/mol. The fraction of sp³-hybridized carbons (Fsp3) is 0.571. The van der Waals surface area contributed by atoms with Gasteiger partial charge in [-0.1, -0.05) is 15.9 Å². The summed E-state index contributed by atoms with van der Waals surface area (Å²) in [5.74, 6) is 0.849. The van der Waals surface area contributed by atoms with Crippen LogP contribution in [-0.4, -0.2) is 23.9 Å². The Morgan fingerprint density at radius 3 is 2.94 bits per heavy atom. The van der Waals surface area contributed by atoms with Crippen molar-refractivity contribution in [3.05, 3.63) is 27.7 Å². The first-order chi connectivity index (χ1) is 8.60. The van der Waals surface area contributed by atoms with Crippen LogP contribution in [0, 0.1) is 0 Å². The van der Waals surface area contributed by atoms with E-state index >= 15 is 0 Å². The molecule has 4 heteroatoms. The number of benzene rings is 1. The Bertz CT molecular complexity index is 466. The molecule has 18 heavy (non-hydrogen) atoms. The van der Waals surface area contributed by atoms with Crippen molar-refractivity contribution in [3.8, 4) is 5.75 Å². The SMILES string of the molecule is CC1(C(O)c2cc(Br)cc3c2OCC3)CCCO1. The molecule has 3 nitrogen and oxygen atoms in total. The first kappa shape index (κ1) is 12.5. The van der Waals surface area contributed by atoms with Crippen LogP contribution in [0.3, 0.4) is 0 Å². The summed E-state index contributed by atoms with van der Waals surface area (Å²) < 4.78 is 12.4. The maximum atomic E-state index is 10.6. The molecule has 1 aromatic rings. The van der Waals surface area contributed by atoms with Crippen LogP contribution >= 0.6 is 15.9 Å². The van der Waals surface area contributed by atoms with E-state index in [-0.39, 0.29) is 0 Å². The summed E-state index contributed by atoms with van der Waals surface area (Å²) >= 11 is 3.50. The lowest BCUT2D eigenvalue weighted by Crippen LogP contribution is -2.32. The van der Waals surface area contributed by atoms with Crippen molar-refractivity contribution in [2.24, 2.45) is 0 Å². The molecule has 2 heterocycles. The van der Waals surface area contributed by atoms with Crippen LogP contribution in [0.4, 0.5) is 0 Å². The minimum absolute atomic E-state index is 0.486. The second kappa shape index (κ2) is 4.51. The minimum atomic E-state index is -0.635. The third-order valence-electron chi connectivity index (χ3n) is 3.90. The van der Waals surface area contributed by atoms with Crippen molar-refractivity contribution < 1.29 is 14.6 Å². The molecule has 0 spiro atoms. The third kappa shape index (κ3) is 1.96. The number of rotatable bonds is 2. The van der Waals surface area contributed by atoms with Gasteiger partial charge in [0.1, 0.15) is 11.9 Å². The first-order valence-electron chi connectivity index (χ1n) is 6.37. The number of halogens is 1. The van der Waals surface area contributed by atoms with Gasteiger partial charge in [-0.25, -0.2) is 0 Å². The zero-order chi connectivity index (χ0) is 12.8. The van der Waals surface area contributed by atoms with Crippen molar-refractivity contribution in [3.63, 3.8) is 0 Å². The summed E-state index contributed by atoms with van der Waals surface area (Å²) in [7, 11) is 0. The van der Waals surface area contributed by atoms with Crippen LogP contribution in [-0.2, 0) is 11.2 Å². The molecule has 0 bridgehead atoms. The lowest BCUT2D eigenvalue weighted by Gasteiger charge is -2.30. The number of aliphatic hydroxyl groups is 1. The molecule has 2 aliphatic heterocycles. The zero-order valence-corrected chi connectivity index (χ0v) is 12.0. The summed E-state index contributed by atoms with van der Waals surface area (Å²) in [5, 5.41) is 10.6. The van der Waals surface area contributed by atoms with E-state index in [0.717, 1.165) is 41.7 Å². The van der Waals surface area contributed by atoms with E-state index in [1.54, 1.807) is 0 Å². The molecule has 2 unspecified atom stereocenters. The van der Waals surface area contributed by atoms with Gasteiger partial charge >= 0.3 is 0 Å². The van der Waals surface area contributed by atoms with Crippen LogP contribution in [0.2, 0.25) is 0 Å². The predicted octanol–water partition coefficient (Wildman–Crippen LogP) is 2.99. The van der Waals surface area contributed by atoms with Crippen molar-refractivity contribution in [2.75, 3.05) is 13.2 Å². The fourth-order valence-electron chi connectivity index (χ4n) is 2.85. The van der Waals surface area contributed by atoms with Crippen molar-refractivity contribution in [1.29, 1.82) is 0 Å². The van der Waals surface area contributed by atoms with Crippen LogP contribution in [0.15, 0.2) is 16.6 Å². The van der Waals surface area contributed by atoms with E-state index in [0.29, 0.717) is 6.61 Å². The quantitative estimate of drug-likeness (QED) is 0.912. The van der Waals surface area contributed by atoms with Crippen LogP contribution in [0.5, 0.6) is 5.75 Å². The molecular formula is C14H17BrO3. The predicted molar refractivity (Wildman–Crippen MR) is 71.9 cm³/mol. The minimum Gasteiger partial charge on any atom is -0.493 e. The first-order valence-corrected chi connectivity index (χ1v) is 7.16. The molecule has 0 radical (unpaired) electrons. The molecule has 0 saturated carbocycles. The maximum Gasteiger partial charge on any atom is 0.128 e. The van der Waals surface area contributed by atoms with E-state index in [4.69, 9.17) is 9.47 Å². The number of hydrogen-bond acceptors (Lipinski definition) is 3. The number of hydrogen-bond donors (Lipinski definition) is 1. The molecule has 1 N–H and O–H groups in total. The second-order valence-electron chi connectivity index (χ2n) is 5.25. The molecule has 2 aliphatic rings. The van der Waals surface area contributed by atoms with Gasteiger partial charge in [0.25, 0.3) is 0 Å². The monoisotopic (exact) mass is 312 g/mol. The number of fused-ring (bicyclic) bond motifs is 1. The lowest BCUT2D eigenvalue weighted by molar-refractivity contribution is -0.0803. The van der Waals surface area contributed by atoms with Gasteiger partial charge in [-0.05, 0) is 37.5 Å². The van der Waals surface area contributed by atoms with Crippen molar-refractivity contribution in [1.82, 2.24) is 0 Å². The van der Waals surface area contributed by atoms with Gasteiger partial charge in [-0.3, -0.25) is 0 Å². The number of ether oxygens (including phenoxy) is 2. The highest BCUT2D eigenvalue weighted by atomic mass is 79.9. The van der Waals surface area contributed by atoms with Gasteiger partial charge < -0.3 is 14.6 Å². The Labute approximate surface area is 115 Å². The molecule has 0 aliphatic carbocycles. The topological polar surface area (TPSA) is 38.7 Å². The van der Waals surface area contributed by atoms with E-state index in [1.165, 1.54) is 5.56 Å². The van der Waals surface area contributed by atoms with Crippen LogP contribution in [0.1, 0.15) is 37.0 Å².